The summed E-state index contributed by atoms with van der Waals surface area (Å²) in [7, 11) is 5.76. The lowest BCUT2D eigenvalue weighted by molar-refractivity contribution is 0.0976. The summed E-state index contributed by atoms with van der Waals surface area (Å²) in [6.45, 7) is 1.34. The van der Waals surface area contributed by atoms with E-state index in [4.69, 9.17) is 0 Å². The predicted molar refractivity (Wildman–Crippen MR) is 93.1 cm³/mol. The van der Waals surface area contributed by atoms with Gasteiger partial charge in [-0.15, -0.1) is 0 Å². The zero-order valence-corrected chi connectivity index (χ0v) is 14.2. The molecule has 0 saturated heterocycles. The average Bonchev–Trinajstić information content (AvgIpc) is 3.12. The number of amides is 1. The zero-order chi connectivity index (χ0) is 16.4. The molecule has 0 radical (unpaired) electrons. The molecule has 120 valence electrons. The first-order valence-electron chi connectivity index (χ1n) is 7.36. The molecular formula is C16H19N5OS. The number of fused-ring (bicyclic) bond motifs is 1. The van der Waals surface area contributed by atoms with Crippen molar-refractivity contribution in [2.75, 3.05) is 32.1 Å². The van der Waals surface area contributed by atoms with Crippen LogP contribution in [0.2, 0.25) is 0 Å². The highest BCUT2D eigenvalue weighted by molar-refractivity contribution is 7.22. The number of anilines is 1. The van der Waals surface area contributed by atoms with Gasteiger partial charge in [-0.25, -0.2) is 4.98 Å². The maximum atomic E-state index is 12.9. The zero-order valence-electron chi connectivity index (χ0n) is 13.4. The van der Waals surface area contributed by atoms with Crippen LogP contribution in [0.15, 0.2) is 36.5 Å². The Morgan fingerprint density at radius 1 is 1.22 bits per heavy atom. The maximum Gasteiger partial charge on any atom is 0.278 e. The number of carbonyl (C=O) groups excluding carboxylic acids is 1. The van der Waals surface area contributed by atoms with Gasteiger partial charge in [0.25, 0.3) is 5.91 Å². The number of nitrogens with zero attached hydrogens (tertiary/aromatic N) is 5. The first-order valence-corrected chi connectivity index (χ1v) is 8.18. The third-order valence-corrected chi connectivity index (χ3v) is 4.63. The second kappa shape index (κ2) is 6.47. The minimum Gasteiger partial charge on any atom is -0.308 e. The van der Waals surface area contributed by atoms with Gasteiger partial charge in [0, 0.05) is 26.3 Å². The van der Waals surface area contributed by atoms with Gasteiger partial charge in [0.1, 0.15) is 5.69 Å². The number of rotatable bonds is 5. The molecule has 7 heteroatoms. The quantitative estimate of drug-likeness (QED) is 0.720. The van der Waals surface area contributed by atoms with E-state index in [-0.39, 0.29) is 5.91 Å². The lowest BCUT2D eigenvalue weighted by atomic mass is 10.3. The summed E-state index contributed by atoms with van der Waals surface area (Å²) in [5.74, 6) is -0.0779. The van der Waals surface area contributed by atoms with Gasteiger partial charge >= 0.3 is 0 Å². The van der Waals surface area contributed by atoms with Gasteiger partial charge in [-0.1, -0.05) is 23.5 Å². The lowest BCUT2D eigenvalue weighted by Gasteiger charge is -2.21. The highest BCUT2D eigenvalue weighted by atomic mass is 32.1. The Morgan fingerprint density at radius 3 is 2.65 bits per heavy atom. The van der Waals surface area contributed by atoms with Gasteiger partial charge in [-0.3, -0.25) is 14.4 Å². The van der Waals surface area contributed by atoms with Crippen LogP contribution in [0.1, 0.15) is 10.5 Å². The third-order valence-electron chi connectivity index (χ3n) is 3.57. The fourth-order valence-corrected chi connectivity index (χ4v) is 3.27. The molecule has 0 aliphatic rings. The van der Waals surface area contributed by atoms with Crippen LogP contribution in [-0.4, -0.2) is 52.8 Å². The maximum absolute atomic E-state index is 12.9. The number of thiazole rings is 1. The van der Waals surface area contributed by atoms with Crippen LogP contribution < -0.4 is 4.90 Å². The third kappa shape index (κ3) is 3.25. The van der Waals surface area contributed by atoms with Gasteiger partial charge < -0.3 is 4.90 Å². The van der Waals surface area contributed by atoms with Gasteiger partial charge in [0.15, 0.2) is 5.13 Å². The van der Waals surface area contributed by atoms with Crippen molar-refractivity contribution in [1.29, 1.82) is 0 Å². The Kier molecular flexibility index (Phi) is 4.40. The molecule has 0 saturated carbocycles. The largest absolute Gasteiger partial charge is 0.308 e. The van der Waals surface area contributed by atoms with Crippen LogP contribution in [0.4, 0.5) is 5.13 Å². The number of aromatic nitrogens is 3. The SMILES string of the molecule is CN(C)CCN(C(=O)c1ccnn1C)c1nc2ccccc2s1. The van der Waals surface area contributed by atoms with Crippen LogP contribution in [-0.2, 0) is 7.05 Å². The molecule has 1 amide bonds. The fourth-order valence-electron chi connectivity index (χ4n) is 2.28. The van der Waals surface area contributed by atoms with Crippen molar-refractivity contribution in [3.05, 3.63) is 42.2 Å². The van der Waals surface area contributed by atoms with Gasteiger partial charge in [-0.05, 0) is 32.3 Å². The van der Waals surface area contributed by atoms with E-state index >= 15 is 0 Å². The van der Waals surface area contributed by atoms with Crippen molar-refractivity contribution in [3.63, 3.8) is 0 Å². The van der Waals surface area contributed by atoms with E-state index in [2.05, 4.69) is 15.0 Å². The van der Waals surface area contributed by atoms with E-state index in [1.807, 2.05) is 38.4 Å². The summed E-state index contributed by atoms with van der Waals surface area (Å²) in [6, 6.07) is 9.66. The van der Waals surface area contributed by atoms with Crippen molar-refractivity contribution in [3.8, 4) is 0 Å². The minimum absolute atomic E-state index is 0.0779. The molecule has 23 heavy (non-hydrogen) atoms. The average molecular weight is 329 g/mol. The second-order valence-electron chi connectivity index (χ2n) is 5.56. The normalized spacial score (nSPS) is 11.3. The fraction of sp³-hybridized carbons (Fsp3) is 0.312. The Bertz CT molecular complexity index is 790. The smallest absolute Gasteiger partial charge is 0.278 e. The van der Waals surface area contributed by atoms with E-state index in [0.717, 1.165) is 21.9 Å². The number of hydrogen-bond acceptors (Lipinski definition) is 5. The number of hydrogen-bond donors (Lipinski definition) is 0. The van der Waals surface area contributed by atoms with Crippen molar-refractivity contribution < 1.29 is 4.79 Å². The van der Waals surface area contributed by atoms with Gasteiger partial charge in [0.05, 0.1) is 10.2 Å². The van der Waals surface area contributed by atoms with Gasteiger partial charge in [-0.2, -0.15) is 5.10 Å². The van der Waals surface area contributed by atoms with E-state index in [1.165, 1.54) is 11.3 Å². The Balaban J connectivity index is 1.97. The standard InChI is InChI=1S/C16H19N5OS/c1-19(2)10-11-21(15(22)13-8-9-17-20(13)3)16-18-12-6-4-5-7-14(12)23-16/h4-9H,10-11H2,1-3H3. The number of para-hydroxylation sites is 1. The molecule has 2 heterocycles. The van der Waals surface area contributed by atoms with Crippen LogP contribution in [0, 0.1) is 0 Å². The molecule has 0 bridgehead atoms. The summed E-state index contributed by atoms with van der Waals surface area (Å²) in [5.41, 5.74) is 1.48. The minimum atomic E-state index is -0.0779. The molecule has 0 aliphatic heterocycles. The van der Waals surface area contributed by atoms with Crippen molar-refractivity contribution >= 4 is 32.6 Å². The molecule has 6 nitrogen and oxygen atoms in total. The molecule has 0 fully saturated rings. The molecule has 2 aromatic heterocycles. The molecule has 0 N–H and O–H groups in total. The highest BCUT2D eigenvalue weighted by Gasteiger charge is 2.23. The second-order valence-corrected chi connectivity index (χ2v) is 6.57. The Labute approximate surface area is 139 Å². The molecule has 0 atom stereocenters. The molecular weight excluding hydrogens is 310 g/mol. The van der Waals surface area contributed by atoms with Gasteiger partial charge in [0.2, 0.25) is 0 Å². The van der Waals surface area contributed by atoms with Crippen molar-refractivity contribution in [1.82, 2.24) is 19.7 Å². The highest BCUT2D eigenvalue weighted by Crippen LogP contribution is 2.29. The molecule has 0 unspecified atom stereocenters. The molecule has 1 aromatic carbocycles. The number of benzene rings is 1. The summed E-state index contributed by atoms with van der Waals surface area (Å²) < 4.78 is 2.67. The first kappa shape index (κ1) is 15.6. The van der Waals surface area contributed by atoms with Crippen molar-refractivity contribution in [2.45, 2.75) is 0 Å². The van der Waals surface area contributed by atoms with Crippen LogP contribution >= 0.6 is 11.3 Å². The molecule has 0 spiro atoms. The Hall–Kier alpha value is -2.25. The summed E-state index contributed by atoms with van der Waals surface area (Å²) >= 11 is 1.53. The predicted octanol–water partition coefficient (Wildman–Crippen LogP) is 2.24. The van der Waals surface area contributed by atoms with E-state index in [0.29, 0.717) is 12.2 Å². The molecule has 0 aliphatic carbocycles. The number of carbonyl (C=O) groups is 1. The van der Waals surface area contributed by atoms with E-state index in [9.17, 15) is 4.79 Å². The molecule has 3 aromatic rings. The number of aryl methyl sites for hydroxylation is 1. The van der Waals surface area contributed by atoms with E-state index < -0.39 is 0 Å². The van der Waals surface area contributed by atoms with Crippen LogP contribution in [0.5, 0.6) is 0 Å². The van der Waals surface area contributed by atoms with Crippen LogP contribution in [0.3, 0.4) is 0 Å². The summed E-state index contributed by atoms with van der Waals surface area (Å²) in [6.07, 6.45) is 1.63. The van der Waals surface area contributed by atoms with Crippen LogP contribution in [0.25, 0.3) is 10.2 Å². The summed E-state index contributed by atoms with van der Waals surface area (Å²) in [5, 5.41) is 4.82. The topological polar surface area (TPSA) is 54.3 Å². The first-order chi connectivity index (χ1) is 11.1. The van der Waals surface area contributed by atoms with E-state index in [1.54, 1.807) is 28.9 Å². The summed E-state index contributed by atoms with van der Waals surface area (Å²) in [4.78, 5) is 21.3. The Morgan fingerprint density at radius 2 is 2.00 bits per heavy atom. The number of likely N-dealkylation sites (N-methyl/N-ethyl adjacent to an activating group) is 1. The monoisotopic (exact) mass is 329 g/mol. The molecule has 3 rings (SSSR count). The lowest BCUT2D eigenvalue weighted by Crippen LogP contribution is -2.37. The van der Waals surface area contributed by atoms with Crippen molar-refractivity contribution in [2.24, 2.45) is 7.05 Å².